The maximum Gasteiger partial charge on any atom is 0.219 e. The minimum Gasteiger partial charge on any atom is -0.391 e. The summed E-state index contributed by atoms with van der Waals surface area (Å²) in [7, 11) is 0. The van der Waals surface area contributed by atoms with E-state index in [-0.39, 0.29) is 6.61 Å². The summed E-state index contributed by atoms with van der Waals surface area (Å²) >= 11 is 0. The third-order valence-corrected chi connectivity index (χ3v) is 3.53. The zero-order valence-electron chi connectivity index (χ0n) is 11.5. The lowest BCUT2D eigenvalue weighted by atomic mass is 9.92. The van der Waals surface area contributed by atoms with Gasteiger partial charge in [-0.3, -0.25) is 0 Å². The van der Waals surface area contributed by atoms with Crippen molar-refractivity contribution in [2.45, 2.75) is 36.8 Å². The Morgan fingerprint density at radius 1 is 1.29 bits per heavy atom. The summed E-state index contributed by atoms with van der Waals surface area (Å²) in [5, 5.41) is 39.1. The first kappa shape index (κ1) is 16.1. The van der Waals surface area contributed by atoms with E-state index in [9.17, 15) is 15.3 Å². The van der Waals surface area contributed by atoms with Crippen LogP contribution in [0.15, 0.2) is 43.0 Å². The van der Waals surface area contributed by atoms with Crippen molar-refractivity contribution in [1.29, 1.82) is 0 Å². The highest BCUT2D eigenvalue weighted by Crippen LogP contribution is 2.30. The second-order valence-corrected chi connectivity index (χ2v) is 5.02. The Balaban J connectivity index is 2.09. The second-order valence-electron chi connectivity index (χ2n) is 5.02. The summed E-state index contributed by atoms with van der Waals surface area (Å²) in [6.07, 6.45) is -3.50. The van der Waals surface area contributed by atoms with E-state index in [2.05, 4.69) is 6.58 Å². The maximum atomic E-state index is 10.1. The molecule has 116 valence electrons. The summed E-state index contributed by atoms with van der Waals surface area (Å²) in [5.41, 5.74) is 0.894. The predicted molar refractivity (Wildman–Crippen MR) is 74.1 cm³/mol. The lowest BCUT2D eigenvalue weighted by Crippen LogP contribution is -2.66. The fourth-order valence-electron chi connectivity index (χ4n) is 2.29. The Kier molecular flexibility index (Phi) is 5.10. The van der Waals surface area contributed by atoms with E-state index in [0.29, 0.717) is 0 Å². The minimum absolute atomic E-state index is 0.209. The molecule has 0 unspecified atom stereocenters. The van der Waals surface area contributed by atoms with Crippen LogP contribution < -0.4 is 0 Å². The van der Waals surface area contributed by atoms with Crippen LogP contribution in [0.3, 0.4) is 0 Å². The van der Waals surface area contributed by atoms with Crippen molar-refractivity contribution in [2.75, 3.05) is 6.61 Å². The van der Waals surface area contributed by atoms with Crippen molar-refractivity contribution < 1.29 is 29.9 Å². The average Bonchev–Trinajstić information content (AvgIpc) is 2.52. The topological polar surface area (TPSA) is 99.4 Å². The highest BCUT2D eigenvalue weighted by atomic mass is 16.7. The van der Waals surface area contributed by atoms with Gasteiger partial charge in [0.1, 0.15) is 24.4 Å². The SMILES string of the molecule is C=C[C@H]1O[C@](O)(CO)[C@@H](O)[C@H](O)[C@@H]1OCc1ccccc1. The van der Waals surface area contributed by atoms with Crippen LogP contribution in [-0.2, 0) is 16.1 Å². The van der Waals surface area contributed by atoms with Crippen LogP contribution in [0.5, 0.6) is 0 Å². The normalized spacial score (nSPS) is 36.4. The monoisotopic (exact) mass is 296 g/mol. The average molecular weight is 296 g/mol. The third kappa shape index (κ3) is 3.32. The van der Waals surface area contributed by atoms with Crippen LogP contribution in [0.25, 0.3) is 0 Å². The molecule has 1 heterocycles. The van der Waals surface area contributed by atoms with Gasteiger partial charge in [0.15, 0.2) is 0 Å². The van der Waals surface area contributed by atoms with Crippen LogP contribution in [0.2, 0.25) is 0 Å². The van der Waals surface area contributed by atoms with Gasteiger partial charge in [-0.25, -0.2) is 0 Å². The van der Waals surface area contributed by atoms with Crippen LogP contribution in [-0.4, -0.2) is 57.2 Å². The predicted octanol–water partition coefficient (Wildman–Crippen LogP) is -0.441. The van der Waals surface area contributed by atoms with Gasteiger partial charge in [0.05, 0.1) is 13.2 Å². The number of hydrogen-bond acceptors (Lipinski definition) is 6. The molecule has 0 amide bonds. The lowest BCUT2D eigenvalue weighted by molar-refractivity contribution is -0.351. The van der Waals surface area contributed by atoms with Crippen molar-refractivity contribution in [3.63, 3.8) is 0 Å². The minimum atomic E-state index is -2.23. The van der Waals surface area contributed by atoms with Crippen molar-refractivity contribution in [3.8, 4) is 0 Å². The Morgan fingerprint density at radius 3 is 2.52 bits per heavy atom. The highest BCUT2D eigenvalue weighted by Gasteiger charge is 2.52. The van der Waals surface area contributed by atoms with E-state index in [1.807, 2.05) is 30.3 Å². The fraction of sp³-hybridized carbons (Fsp3) is 0.467. The lowest BCUT2D eigenvalue weighted by Gasteiger charge is -2.45. The molecule has 1 aliphatic rings. The van der Waals surface area contributed by atoms with Crippen molar-refractivity contribution in [2.24, 2.45) is 0 Å². The molecule has 0 aliphatic carbocycles. The van der Waals surface area contributed by atoms with Crippen LogP contribution in [0.1, 0.15) is 5.56 Å². The first-order valence-electron chi connectivity index (χ1n) is 6.67. The van der Waals surface area contributed by atoms with E-state index in [0.717, 1.165) is 5.56 Å². The van der Waals surface area contributed by atoms with Gasteiger partial charge in [-0.1, -0.05) is 36.4 Å². The molecular formula is C15H20O6. The van der Waals surface area contributed by atoms with Crippen molar-refractivity contribution in [1.82, 2.24) is 0 Å². The third-order valence-electron chi connectivity index (χ3n) is 3.53. The first-order chi connectivity index (χ1) is 10.0. The standard InChI is InChI=1S/C15H20O6/c1-2-11-13(20-8-10-6-4-3-5-7-10)12(17)14(18)15(19,9-16)21-11/h2-7,11-14,16-19H,1,8-9H2/t11-,12-,13-,14+,15-/m1/s1. The Bertz CT molecular complexity index is 464. The molecule has 1 aromatic rings. The molecule has 0 radical (unpaired) electrons. The van der Waals surface area contributed by atoms with Gasteiger partial charge in [-0.05, 0) is 5.56 Å². The molecule has 1 aromatic carbocycles. The van der Waals surface area contributed by atoms with Gasteiger partial charge in [-0.2, -0.15) is 0 Å². The van der Waals surface area contributed by atoms with Crippen LogP contribution >= 0.6 is 0 Å². The van der Waals surface area contributed by atoms with Gasteiger partial charge in [-0.15, -0.1) is 6.58 Å². The van der Waals surface area contributed by atoms with E-state index >= 15 is 0 Å². The molecule has 0 bridgehead atoms. The summed E-state index contributed by atoms with van der Waals surface area (Å²) in [5.74, 6) is -2.23. The van der Waals surface area contributed by atoms with Crippen molar-refractivity contribution >= 4 is 0 Å². The smallest absolute Gasteiger partial charge is 0.219 e. The van der Waals surface area contributed by atoms with E-state index in [4.69, 9.17) is 14.6 Å². The molecule has 4 N–H and O–H groups in total. The molecule has 1 fully saturated rings. The number of aliphatic hydroxyl groups is 4. The van der Waals surface area contributed by atoms with Gasteiger partial charge >= 0.3 is 0 Å². The second kappa shape index (κ2) is 6.65. The molecule has 2 rings (SSSR count). The summed E-state index contributed by atoms with van der Waals surface area (Å²) < 4.78 is 10.8. The molecule has 1 aliphatic heterocycles. The summed E-state index contributed by atoms with van der Waals surface area (Å²) in [6, 6.07) is 9.31. The highest BCUT2D eigenvalue weighted by molar-refractivity contribution is 5.13. The molecule has 21 heavy (non-hydrogen) atoms. The summed E-state index contributed by atoms with van der Waals surface area (Å²) in [4.78, 5) is 0. The molecule has 1 saturated heterocycles. The van der Waals surface area contributed by atoms with Gasteiger partial charge in [0, 0.05) is 0 Å². The number of hydrogen-bond donors (Lipinski definition) is 4. The largest absolute Gasteiger partial charge is 0.391 e. The maximum absolute atomic E-state index is 10.1. The Morgan fingerprint density at radius 2 is 1.95 bits per heavy atom. The van der Waals surface area contributed by atoms with Crippen LogP contribution in [0, 0.1) is 0 Å². The number of rotatable bonds is 5. The van der Waals surface area contributed by atoms with Crippen molar-refractivity contribution in [3.05, 3.63) is 48.6 Å². The zero-order chi connectivity index (χ0) is 15.5. The summed E-state index contributed by atoms with van der Waals surface area (Å²) in [6.45, 7) is 2.92. The van der Waals surface area contributed by atoms with Gasteiger partial charge in [0.25, 0.3) is 0 Å². The molecule has 6 nitrogen and oxygen atoms in total. The quantitative estimate of drug-likeness (QED) is 0.550. The Labute approximate surface area is 122 Å². The fourth-order valence-corrected chi connectivity index (χ4v) is 2.29. The van der Waals surface area contributed by atoms with E-state index < -0.39 is 36.8 Å². The molecular weight excluding hydrogens is 276 g/mol. The molecule has 0 saturated carbocycles. The molecule has 0 spiro atoms. The molecule has 6 heteroatoms. The number of ether oxygens (including phenoxy) is 2. The zero-order valence-corrected chi connectivity index (χ0v) is 11.5. The Hall–Kier alpha value is -1.28. The van der Waals surface area contributed by atoms with Gasteiger partial charge < -0.3 is 29.9 Å². The number of benzene rings is 1. The molecule has 5 atom stereocenters. The van der Waals surface area contributed by atoms with Gasteiger partial charge in [0.2, 0.25) is 5.79 Å². The first-order valence-corrected chi connectivity index (χ1v) is 6.67. The van der Waals surface area contributed by atoms with E-state index in [1.165, 1.54) is 6.08 Å². The molecule has 0 aromatic heterocycles. The van der Waals surface area contributed by atoms with E-state index in [1.54, 1.807) is 0 Å². The number of aliphatic hydroxyl groups excluding tert-OH is 3. The van der Waals surface area contributed by atoms with Crippen LogP contribution in [0.4, 0.5) is 0 Å².